The lowest BCUT2D eigenvalue weighted by molar-refractivity contribution is 0.413. The molecular formula is C16H28FN3. The third kappa shape index (κ3) is 5.88. The van der Waals surface area contributed by atoms with Gasteiger partial charge in [0.05, 0.1) is 0 Å². The van der Waals surface area contributed by atoms with Crippen molar-refractivity contribution in [3.05, 3.63) is 29.6 Å². The molecule has 1 aromatic carbocycles. The molecule has 0 fully saturated rings. The van der Waals surface area contributed by atoms with Crippen LogP contribution in [0, 0.1) is 5.82 Å². The van der Waals surface area contributed by atoms with Crippen molar-refractivity contribution in [2.24, 2.45) is 0 Å². The van der Waals surface area contributed by atoms with Crippen molar-refractivity contribution in [3.63, 3.8) is 0 Å². The molecule has 1 aromatic rings. The smallest absolute Gasteiger partial charge is 0.125 e. The van der Waals surface area contributed by atoms with Crippen LogP contribution >= 0.6 is 0 Å². The van der Waals surface area contributed by atoms with Crippen LogP contribution in [0.1, 0.15) is 25.8 Å². The first-order valence-electron chi connectivity index (χ1n) is 7.46. The van der Waals surface area contributed by atoms with Gasteiger partial charge in [-0.15, -0.1) is 0 Å². The Morgan fingerprint density at radius 2 is 1.80 bits per heavy atom. The van der Waals surface area contributed by atoms with Gasteiger partial charge in [0.15, 0.2) is 0 Å². The van der Waals surface area contributed by atoms with E-state index < -0.39 is 0 Å². The van der Waals surface area contributed by atoms with Gasteiger partial charge in [0.2, 0.25) is 0 Å². The summed E-state index contributed by atoms with van der Waals surface area (Å²) >= 11 is 0. The summed E-state index contributed by atoms with van der Waals surface area (Å²) in [6.45, 7) is 8.67. The van der Waals surface area contributed by atoms with E-state index in [1.165, 1.54) is 0 Å². The van der Waals surface area contributed by atoms with E-state index in [0.29, 0.717) is 0 Å². The summed E-state index contributed by atoms with van der Waals surface area (Å²) in [6, 6.07) is 5.35. The first-order valence-corrected chi connectivity index (χ1v) is 7.46. The van der Waals surface area contributed by atoms with Gasteiger partial charge in [-0.2, -0.15) is 0 Å². The fourth-order valence-electron chi connectivity index (χ4n) is 2.15. The number of nitrogens with one attached hydrogen (secondary N) is 1. The topological polar surface area (TPSA) is 18.5 Å². The number of rotatable bonds is 9. The normalized spacial score (nSPS) is 11.1. The van der Waals surface area contributed by atoms with Crippen LogP contribution in [0.4, 0.5) is 10.1 Å². The predicted molar refractivity (Wildman–Crippen MR) is 84.8 cm³/mol. The number of hydrogen-bond acceptors (Lipinski definition) is 3. The average Bonchev–Trinajstić information content (AvgIpc) is 2.40. The highest BCUT2D eigenvalue weighted by molar-refractivity contribution is 5.49. The lowest BCUT2D eigenvalue weighted by Crippen LogP contribution is -2.32. The molecule has 3 nitrogen and oxygen atoms in total. The number of nitrogens with zero attached hydrogens (tertiary/aromatic N) is 2. The lowest BCUT2D eigenvalue weighted by atomic mass is 10.1. The molecule has 0 unspecified atom stereocenters. The number of hydrogen-bond donors (Lipinski definition) is 1. The van der Waals surface area contributed by atoms with Crippen molar-refractivity contribution in [3.8, 4) is 0 Å². The van der Waals surface area contributed by atoms with Gasteiger partial charge in [0, 0.05) is 31.9 Å². The van der Waals surface area contributed by atoms with E-state index >= 15 is 0 Å². The Morgan fingerprint density at radius 3 is 2.40 bits per heavy atom. The van der Waals surface area contributed by atoms with E-state index in [2.05, 4.69) is 49.1 Å². The van der Waals surface area contributed by atoms with Gasteiger partial charge >= 0.3 is 0 Å². The third-order valence-corrected chi connectivity index (χ3v) is 3.20. The van der Waals surface area contributed by atoms with E-state index in [-0.39, 0.29) is 5.82 Å². The minimum Gasteiger partial charge on any atom is -0.370 e. The van der Waals surface area contributed by atoms with Crippen LogP contribution in [0.5, 0.6) is 0 Å². The zero-order chi connectivity index (χ0) is 15.0. The van der Waals surface area contributed by atoms with Crippen LogP contribution in [0.3, 0.4) is 0 Å². The second-order valence-corrected chi connectivity index (χ2v) is 5.39. The average molecular weight is 281 g/mol. The highest BCUT2D eigenvalue weighted by Gasteiger charge is 2.09. The summed E-state index contributed by atoms with van der Waals surface area (Å²) in [4.78, 5) is 4.42. The van der Waals surface area contributed by atoms with Gasteiger partial charge < -0.3 is 15.1 Å². The molecule has 0 aliphatic carbocycles. The molecule has 114 valence electrons. The van der Waals surface area contributed by atoms with E-state index in [1.807, 2.05) is 0 Å². The maximum absolute atomic E-state index is 13.8. The van der Waals surface area contributed by atoms with E-state index in [0.717, 1.165) is 50.4 Å². The molecule has 0 heterocycles. The highest BCUT2D eigenvalue weighted by Crippen LogP contribution is 2.19. The Morgan fingerprint density at radius 1 is 1.05 bits per heavy atom. The van der Waals surface area contributed by atoms with Gasteiger partial charge in [0.25, 0.3) is 0 Å². The van der Waals surface area contributed by atoms with Crippen LogP contribution in [0.15, 0.2) is 18.2 Å². The highest BCUT2D eigenvalue weighted by atomic mass is 19.1. The fraction of sp³-hybridized carbons (Fsp3) is 0.625. The quantitative estimate of drug-likeness (QED) is 0.751. The maximum atomic E-state index is 13.8. The molecule has 0 bridgehead atoms. The minimum absolute atomic E-state index is 0.152. The summed E-state index contributed by atoms with van der Waals surface area (Å²) in [5, 5.41) is 3.25. The van der Waals surface area contributed by atoms with Gasteiger partial charge in [-0.3, -0.25) is 0 Å². The van der Waals surface area contributed by atoms with Crippen LogP contribution in [0.25, 0.3) is 0 Å². The van der Waals surface area contributed by atoms with Gasteiger partial charge in [0.1, 0.15) is 5.82 Å². The molecule has 0 spiro atoms. The van der Waals surface area contributed by atoms with Gasteiger partial charge in [-0.05, 0) is 50.8 Å². The molecule has 20 heavy (non-hydrogen) atoms. The zero-order valence-corrected chi connectivity index (χ0v) is 13.2. The Hall–Kier alpha value is -1.13. The molecular weight excluding hydrogens is 253 g/mol. The van der Waals surface area contributed by atoms with Crippen molar-refractivity contribution in [2.75, 3.05) is 45.2 Å². The number of halogens is 1. The standard InChI is InChI=1S/C16H28FN3/c1-5-7-20(9-8-19(3)4)16-11-14(13-18-6-2)10-15(17)12-16/h10-12,18H,5-9,13H2,1-4H3. The number of likely N-dealkylation sites (N-methyl/N-ethyl adjacent to an activating group) is 1. The summed E-state index contributed by atoms with van der Waals surface area (Å²) in [5.74, 6) is -0.152. The first-order chi connectivity index (χ1) is 9.56. The first kappa shape index (κ1) is 16.9. The minimum atomic E-state index is -0.152. The van der Waals surface area contributed by atoms with Crippen molar-refractivity contribution in [1.82, 2.24) is 10.2 Å². The van der Waals surface area contributed by atoms with Crippen molar-refractivity contribution in [1.29, 1.82) is 0 Å². The monoisotopic (exact) mass is 281 g/mol. The predicted octanol–water partition coefficient (Wildman–Crippen LogP) is 2.71. The molecule has 0 aliphatic heterocycles. The molecule has 0 saturated heterocycles. The Labute approximate surface area is 122 Å². The second-order valence-electron chi connectivity index (χ2n) is 5.39. The third-order valence-electron chi connectivity index (χ3n) is 3.20. The summed E-state index contributed by atoms with van der Waals surface area (Å²) in [5.41, 5.74) is 1.99. The number of anilines is 1. The molecule has 0 saturated carbocycles. The van der Waals surface area contributed by atoms with Gasteiger partial charge in [-0.25, -0.2) is 4.39 Å². The van der Waals surface area contributed by atoms with Crippen LogP contribution < -0.4 is 10.2 Å². The Bertz CT molecular complexity index is 393. The van der Waals surface area contributed by atoms with Crippen molar-refractivity contribution < 1.29 is 4.39 Å². The SMILES string of the molecule is CCCN(CCN(C)C)c1cc(F)cc(CNCC)c1. The molecule has 4 heteroatoms. The van der Waals surface area contributed by atoms with Crippen molar-refractivity contribution >= 4 is 5.69 Å². The maximum Gasteiger partial charge on any atom is 0.125 e. The molecule has 1 N–H and O–H groups in total. The molecule has 0 aliphatic rings. The number of benzene rings is 1. The van der Waals surface area contributed by atoms with Crippen LogP contribution in [0.2, 0.25) is 0 Å². The van der Waals surface area contributed by atoms with E-state index in [9.17, 15) is 4.39 Å². The summed E-state index contributed by atoms with van der Waals surface area (Å²) < 4.78 is 13.8. The van der Waals surface area contributed by atoms with Crippen LogP contribution in [-0.2, 0) is 6.54 Å². The lowest BCUT2D eigenvalue weighted by Gasteiger charge is -2.26. The summed E-state index contributed by atoms with van der Waals surface area (Å²) in [6.07, 6.45) is 1.06. The second kappa shape index (κ2) is 8.93. The molecule has 0 amide bonds. The fourth-order valence-corrected chi connectivity index (χ4v) is 2.15. The molecule has 1 rings (SSSR count). The molecule has 0 atom stereocenters. The zero-order valence-electron chi connectivity index (χ0n) is 13.2. The Balaban J connectivity index is 2.84. The van der Waals surface area contributed by atoms with Crippen molar-refractivity contribution in [2.45, 2.75) is 26.8 Å². The molecule has 0 radical (unpaired) electrons. The Kier molecular flexibility index (Phi) is 7.55. The van der Waals surface area contributed by atoms with Crippen LogP contribution in [-0.4, -0.2) is 45.2 Å². The largest absolute Gasteiger partial charge is 0.370 e. The molecule has 0 aromatic heterocycles. The summed E-state index contributed by atoms with van der Waals surface area (Å²) in [7, 11) is 4.12. The van der Waals surface area contributed by atoms with Gasteiger partial charge in [-0.1, -0.05) is 13.8 Å². The van der Waals surface area contributed by atoms with E-state index in [4.69, 9.17) is 0 Å². The van der Waals surface area contributed by atoms with E-state index in [1.54, 1.807) is 12.1 Å².